The van der Waals surface area contributed by atoms with Gasteiger partial charge in [-0.3, -0.25) is 0 Å². The monoisotopic (exact) mass is 851 g/mol. The molecule has 0 atom stereocenters. The van der Waals surface area contributed by atoms with E-state index < -0.39 is 0 Å². The molecule has 0 amide bonds. The highest BCUT2D eigenvalue weighted by molar-refractivity contribution is 6.14. The molecular formula is C66H45N. The fraction of sp³-hybridized carbons (Fsp3) is 0. The maximum Gasteiger partial charge on any atom is 0.0546 e. The van der Waals surface area contributed by atoms with Crippen molar-refractivity contribution in [2.24, 2.45) is 0 Å². The van der Waals surface area contributed by atoms with Crippen LogP contribution in [0.1, 0.15) is 0 Å². The molecule has 0 aliphatic carbocycles. The van der Waals surface area contributed by atoms with Crippen LogP contribution in [0.25, 0.3) is 99.1 Å². The van der Waals surface area contributed by atoms with Gasteiger partial charge in [0.2, 0.25) is 0 Å². The molecule has 12 aromatic rings. The zero-order chi connectivity index (χ0) is 44.5. The zero-order valence-corrected chi connectivity index (χ0v) is 36.9. The summed E-state index contributed by atoms with van der Waals surface area (Å²) in [6, 6.07) is 99.5. The molecular weight excluding hydrogens is 807 g/mol. The minimum Gasteiger partial charge on any atom is -0.310 e. The van der Waals surface area contributed by atoms with Gasteiger partial charge in [-0.05, 0) is 136 Å². The highest BCUT2D eigenvalue weighted by atomic mass is 15.1. The maximum atomic E-state index is 2.44. The second-order valence-corrected chi connectivity index (χ2v) is 17.2. The van der Waals surface area contributed by atoms with Crippen molar-refractivity contribution in [1.82, 2.24) is 0 Å². The fourth-order valence-electron chi connectivity index (χ4n) is 9.98. The van der Waals surface area contributed by atoms with E-state index in [9.17, 15) is 0 Å². The Hall–Kier alpha value is -8.78. The van der Waals surface area contributed by atoms with Gasteiger partial charge in [-0.2, -0.15) is 0 Å². The molecule has 12 rings (SSSR count). The average Bonchev–Trinajstić information content (AvgIpc) is 3.41. The first-order chi connectivity index (χ1) is 33.2. The number of hydrogen-bond acceptors (Lipinski definition) is 1. The van der Waals surface area contributed by atoms with Crippen LogP contribution in [0.2, 0.25) is 0 Å². The van der Waals surface area contributed by atoms with Crippen molar-refractivity contribution in [3.8, 4) is 66.8 Å². The summed E-state index contributed by atoms with van der Waals surface area (Å²) < 4.78 is 0. The quantitative estimate of drug-likeness (QED) is 0.131. The Morgan fingerprint density at radius 3 is 1.33 bits per heavy atom. The molecule has 1 nitrogen and oxygen atoms in total. The van der Waals surface area contributed by atoms with E-state index in [1.165, 1.54) is 99.1 Å². The van der Waals surface area contributed by atoms with Gasteiger partial charge in [-0.25, -0.2) is 0 Å². The first-order valence-corrected chi connectivity index (χ1v) is 23.1. The summed E-state index contributed by atoms with van der Waals surface area (Å²) in [6.07, 6.45) is 0. The molecule has 0 radical (unpaired) electrons. The summed E-state index contributed by atoms with van der Waals surface area (Å²) in [6.45, 7) is 0. The Bertz CT molecular complexity index is 3700. The highest BCUT2D eigenvalue weighted by Gasteiger charge is 2.23. The van der Waals surface area contributed by atoms with Gasteiger partial charge in [0, 0.05) is 16.9 Å². The number of hydrogen-bond donors (Lipinski definition) is 0. The van der Waals surface area contributed by atoms with Crippen molar-refractivity contribution >= 4 is 49.4 Å². The second kappa shape index (κ2) is 17.3. The standard InChI is InChI=1S/C66H45N/c1-3-17-50(18-4-1)58-23-11-14-27-63(58)66-60(51-19-5-2-6-20-51)28-15-29-65(66)67(57-42-38-52(39-43-57)64-45-55-22-9-10-24-59(55)61-25-12-13-26-62(61)64)56-40-36-48(37-41-56)47-30-32-49(33-31-47)54-35-34-46-16-7-8-21-53(46)44-54/h1-45H. The Morgan fingerprint density at radius 1 is 0.209 bits per heavy atom. The number of fused-ring (bicyclic) bond motifs is 4. The van der Waals surface area contributed by atoms with Crippen LogP contribution in [0.3, 0.4) is 0 Å². The number of rotatable bonds is 9. The molecule has 0 aliphatic rings. The van der Waals surface area contributed by atoms with E-state index in [0.29, 0.717) is 0 Å². The Kier molecular flexibility index (Phi) is 10.3. The molecule has 0 aliphatic heterocycles. The smallest absolute Gasteiger partial charge is 0.0546 e. The minimum atomic E-state index is 1.07. The van der Waals surface area contributed by atoms with E-state index >= 15 is 0 Å². The fourth-order valence-corrected chi connectivity index (χ4v) is 9.98. The average molecular weight is 852 g/mol. The lowest BCUT2D eigenvalue weighted by atomic mass is 9.87. The molecule has 0 bridgehead atoms. The molecule has 0 spiro atoms. The minimum absolute atomic E-state index is 1.07. The third-order valence-corrected chi connectivity index (χ3v) is 13.3. The van der Waals surface area contributed by atoms with Crippen molar-refractivity contribution in [2.45, 2.75) is 0 Å². The number of benzene rings is 12. The molecule has 0 fully saturated rings. The van der Waals surface area contributed by atoms with Crippen LogP contribution in [-0.4, -0.2) is 0 Å². The van der Waals surface area contributed by atoms with Gasteiger partial charge in [0.1, 0.15) is 0 Å². The van der Waals surface area contributed by atoms with Gasteiger partial charge in [0.15, 0.2) is 0 Å². The molecule has 1 heteroatoms. The van der Waals surface area contributed by atoms with Gasteiger partial charge in [-0.1, -0.05) is 231 Å². The topological polar surface area (TPSA) is 3.24 Å². The predicted molar refractivity (Wildman–Crippen MR) is 286 cm³/mol. The zero-order valence-electron chi connectivity index (χ0n) is 36.9. The molecule has 0 saturated heterocycles. The summed E-state index contributed by atoms with van der Waals surface area (Å²) in [5.74, 6) is 0. The molecule has 0 unspecified atom stereocenters. The van der Waals surface area contributed by atoms with Crippen LogP contribution >= 0.6 is 0 Å². The van der Waals surface area contributed by atoms with Crippen molar-refractivity contribution in [3.05, 3.63) is 273 Å². The molecule has 0 aromatic heterocycles. The van der Waals surface area contributed by atoms with E-state index in [4.69, 9.17) is 0 Å². The third kappa shape index (κ3) is 7.53. The molecule has 67 heavy (non-hydrogen) atoms. The summed E-state index contributed by atoms with van der Waals surface area (Å²) >= 11 is 0. The lowest BCUT2D eigenvalue weighted by Crippen LogP contribution is -2.12. The predicted octanol–water partition coefficient (Wildman–Crippen LogP) is 18.6. The van der Waals surface area contributed by atoms with Gasteiger partial charge in [0.25, 0.3) is 0 Å². The van der Waals surface area contributed by atoms with Crippen LogP contribution in [0.5, 0.6) is 0 Å². The summed E-state index contributed by atoms with van der Waals surface area (Å²) in [7, 11) is 0. The molecule has 314 valence electrons. The van der Waals surface area contributed by atoms with Gasteiger partial charge < -0.3 is 4.90 Å². The van der Waals surface area contributed by atoms with E-state index in [-0.39, 0.29) is 0 Å². The normalized spacial score (nSPS) is 11.3. The van der Waals surface area contributed by atoms with Crippen molar-refractivity contribution in [1.29, 1.82) is 0 Å². The second-order valence-electron chi connectivity index (χ2n) is 17.2. The number of anilines is 3. The van der Waals surface area contributed by atoms with E-state index in [1.807, 2.05) is 0 Å². The van der Waals surface area contributed by atoms with Crippen molar-refractivity contribution in [2.75, 3.05) is 4.90 Å². The Morgan fingerprint density at radius 2 is 0.657 bits per heavy atom. The summed E-state index contributed by atoms with van der Waals surface area (Å²) in [5.41, 5.74) is 17.5. The SMILES string of the molecule is c1ccc(-c2ccccc2-c2c(-c3ccccc3)cccc2N(c2ccc(-c3ccc(-c4ccc5ccccc5c4)cc3)cc2)c2ccc(-c3cc4ccccc4c4ccccc34)cc2)cc1. The van der Waals surface area contributed by atoms with Crippen molar-refractivity contribution < 1.29 is 0 Å². The summed E-state index contributed by atoms with van der Waals surface area (Å²) in [4.78, 5) is 2.44. The largest absolute Gasteiger partial charge is 0.310 e. The first kappa shape index (κ1) is 39.8. The van der Waals surface area contributed by atoms with Gasteiger partial charge in [-0.15, -0.1) is 0 Å². The molecule has 12 aromatic carbocycles. The first-order valence-electron chi connectivity index (χ1n) is 23.1. The highest BCUT2D eigenvalue weighted by Crippen LogP contribution is 2.48. The maximum absolute atomic E-state index is 2.44. The van der Waals surface area contributed by atoms with E-state index in [0.717, 1.165) is 17.1 Å². The Balaban J connectivity index is 1.01. The molecule has 0 heterocycles. The van der Waals surface area contributed by atoms with Gasteiger partial charge in [0.05, 0.1) is 5.69 Å². The van der Waals surface area contributed by atoms with Crippen LogP contribution in [-0.2, 0) is 0 Å². The van der Waals surface area contributed by atoms with Gasteiger partial charge >= 0.3 is 0 Å². The van der Waals surface area contributed by atoms with Crippen LogP contribution in [0, 0.1) is 0 Å². The molecule has 0 N–H and O–H groups in total. The lowest BCUT2D eigenvalue weighted by molar-refractivity contribution is 1.28. The number of nitrogens with zero attached hydrogens (tertiary/aromatic N) is 1. The summed E-state index contributed by atoms with van der Waals surface area (Å²) in [5, 5.41) is 7.54. The third-order valence-electron chi connectivity index (χ3n) is 13.3. The lowest BCUT2D eigenvalue weighted by Gasteiger charge is -2.30. The van der Waals surface area contributed by atoms with Crippen LogP contribution in [0.4, 0.5) is 17.1 Å². The van der Waals surface area contributed by atoms with Crippen molar-refractivity contribution in [3.63, 3.8) is 0 Å². The van der Waals surface area contributed by atoms with E-state index in [2.05, 4.69) is 278 Å². The van der Waals surface area contributed by atoms with Crippen LogP contribution < -0.4 is 4.90 Å². The van der Waals surface area contributed by atoms with E-state index in [1.54, 1.807) is 0 Å². The Labute approximate surface area is 392 Å². The molecule has 0 saturated carbocycles. The van der Waals surface area contributed by atoms with Crippen LogP contribution in [0.15, 0.2) is 273 Å².